The molecule has 1 aromatic carbocycles. The first-order valence-corrected chi connectivity index (χ1v) is 5.92. The molecule has 0 aromatic heterocycles. The normalized spacial score (nSPS) is 20.8. The van der Waals surface area contributed by atoms with Gasteiger partial charge in [0.1, 0.15) is 5.75 Å². The molecule has 1 aliphatic heterocycles. The summed E-state index contributed by atoms with van der Waals surface area (Å²) in [6, 6.07) is 7.75. The summed E-state index contributed by atoms with van der Waals surface area (Å²) in [5, 5.41) is 0. The first-order valence-electron chi connectivity index (χ1n) is 4.84. The van der Waals surface area contributed by atoms with E-state index in [1.165, 1.54) is 0 Å². The summed E-state index contributed by atoms with van der Waals surface area (Å²) in [7, 11) is 1.81. The van der Waals surface area contributed by atoms with Crippen molar-refractivity contribution in [3.8, 4) is 5.75 Å². The maximum Gasteiger partial charge on any atom is 0.263 e. The van der Waals surface area contributed by atoms with Crippen LogP contribution in [0.5, 0.6) is 5.75 Å². The molecule has 3 nitrogen and oxygen atoms in total. The molecule has 0 aliphatic carbocycles. The first-order chi connectivity index (χ1) is 7.16. The van der Waals surface area contributed by atoms with E-state index in [0.717, 1.165) is 22.3 Å². The van der Waals surface area contributed by atoms with Crippen molar-refractivity contribution in [3.63, 3.8) is 0 Å². The summed E-state index contributed by atoms with van der Waals surface area (Å²) in [5.41, 5.74) is 0. The van der Waals surface area contributed by atoms with Crippen LogP contribution in [0.25, 0.3) is 0 Å². The van der Waals surface area contributed by atoms with Crippen LogP contribution in [-0.2, 0) is 4.79 Å². The van der Waals surface area contributed by atoms with E-state index in [4.69, 9.17) is 4.74 Å². The summed E-state index contributed by atoms with van der Waals surface area (Å²) in [6.07, 6.45) is 0.481. The van der Waals surface area contributed by atoms with Gasteiger partial charge in [0.2, 0.25) is 0 Å². The van der Waals surface area contributed by atoms with E-state index in [2.05, 4.69) is 22.6 Å². The largest absolute Gasteiger partial charge is 0.480 e. The Hall–Kier alpha value is -0.780. The van der Waals surface area contributed by atoms with Crippen LogP contribution in [0.2, 0.25) is 0 Å². The van der Waals surface area contributed by atoms with Crippen LogP contribution in [0.1, 0.15) is 6.42 Å². The van der Waals surface area contributed by atoms with Gasteiger partial charge in [-0.15, -0.1) is 0 Å². The number of hydrogen-bond donors (Lipinski definition) is 0. The number of ether oxygens (including phenoxy) is 1. The van der Waals surface area contributed by atoms with Crippen molar-refractivity contribution in [1.29, 1.82) is 0 Å². The van der Waals surface area contributed by atoms with Crippen LogP contribution < -0.4 is 4.74 Å². The van der Waals surface area contributed by atoms with Crippen molar-refractivity contribution < 1.29 is 9.53 Å². The van der Waals surface area contributed by atoms with E-state index < -0.39 is 0 Å². The Labute approximate surface area is 103 Å². The highest BCUT2D eigenvalue weighted by atomic mass is 127. The second kappa shape index (κ2) is 4.38. The Morgan fingerprint density at radius 2 is 2.33 bits per heavy atom. The summed E-state index contributed by atoms with van der Waals surface area (Å²) in [5.74, 6) is 0.851. The number of nitrogens with zero attached hydrogens (tertiary/aromatic N) is 1. The highest BCUT2D eigenvalue weighted by molar-refractivity contribution is 14.1. The van der Waals surface area contributed by atoms with Gasteiger partial charge in [0.05, 0.1) is 0 Å². The van der Waals surface area contributed by atoms with Crippen LogP contribution >= 0.6 is 22.6 Å². The van der Waals surface area contributed by atoms with Crippen LogP contribution in [-0.4, -0.2) is 30.5 Å². The minimum Gasteiger partial charge on any atom is -0.480 e. The van der Waals surface area contributed by atoms with Gasteiger partial charge in [-0.05, 0) is 40.8 Å². The van der Waals surface area contributed by atoms with Gasteiger partial charge in [-0.1, -0.05) is 6.07 Å². The molecule has 0 bridgehead atoms. The maximum atomic E-state index is 11.6. The highest BCUT2D eigenvalue weighted by Gasteiger charge is 2.30. The molecule has 1 atom stereocenters. The van der Waals surface area contributed by atoms with Crippen molar-refractivity contribution in [2.75, 3.05) is 13.6 Å². The number of likely N-dealkylation sites (N-methyl/N-ethyl adjacent to an activating group) is 1. The second-order valence-corrected chi connectivity index (χ2v) is 4.86. The number of rotatable bonds is 2. The van der Waals surface area contributed by atoms with Gasteiger partial charge in [0.25, 0.3) is 5.91 Å². The van der Waals surface area contributed by atoms with Gasteiger partial charge >= 0.3 is 0 Å². The molecule has 1 aromatic rings. The molecule has 15 heavy (non-hydrogen) atoms. The molecular weight excluding hydrogens is 305 g/mol. The molecule has 2 rings (SSSR count). The third-order valence-corrected chi connectivity index (χ3v) is 3.12. The average Bonchev–Trinajstić information content (AvgIpc) is 2.50. The lowest BCUT2D eigenvalue weighted by Crippen LogP contribution is -2.29. The zero-order chi connectivity index (χ0) is 10.8. The zero-order valence-electron chi connectivity index (χ0n) is 8.44. The van der Waals surface area contributed by atoms with Gasteiger partial charge in [0.15, 0.2) is 6.10 Å². The molecule has 0 saturated carbocycles. The SMILES string of the molecule is CN1CCC(Oc2cccc(I)c2)C1=O. The number of hydrogen-bond acceptors (Lipinski definition) is 2. The Kier molecular flexibility index (Phi) is 3.14. The number of halogens is 1. The van der Waals surface area contributed by atoms with Gasteiger partial charge in [-0.2, -0.15) is 0 Å². The Bertz CT molecular complexity index is 381. The first kappa shape index (κ1) is 10.7. The molecule has 0 spiro atoms. The van der Waals surface area contributed by atoms with Crippen LogP contribution in [0.4, 0.5) is 0 Å². The van der Waals surface area contributed by atoms with Crippen molar-refractivity contribution >= 4 is 28.5 Å². The summed E-state index contributed by atoms with van der Waals surface area (Å²) in [4.78, 5) is 13.3. The molecule has 0 radical (unpaired) electrons. The van der Waals surface area contributed by atoms with E-state index in [1.54, 1.807) is 11.9 Å². The molecule has 1 unspecified atom stereocenters. The third-order valence-electron chi connectivity index (χ3n) is 2.45. The molecule has 1 amide bonds. The lowest BCUT2D eigenvalue weighted by atomic mass is 10.3. The number of carbonyl (C=O) groups excluding carboxylic acids is 1. The van der Waals surface area contributed by atoms with Crippen molar-refractivity contribution in [2.24, 2.45) is 0 Å². The van der Waals surface area contributed by atoms with Crippen LogP contribution in [0.3, 0.4) is 0 Å². The van der Waals surface area contributed by atoms with E-state index in [0.29, 0.717) is 0 Å². The lowest BCUT2D eigenvalue weighted by molar-refractivity contribution is -0.132. The smallest absolute Gasteiger partial charge is 0.263 e. The fraction of sp³-hybridized carbons (Fsp3) is 0.364. The fourth-order valence-electron chi connectivity index (χ4n) is 1.60. The molecule has 0 N–H and O–H groups in total. The number of likely N-dealkylation sites (tertiary alicyclic amines) is 1. The maximum absolute atomic E-state index is 11.6. The van der Waals surface area contributed by atoms with Crippen molar-refractivity contribution in [3.05, 3.63) is 27.8 Å². The minimum absolute atomic E-state index is 0.0776. The van der Waals surface area contributed by atoms with Crippen LogP contribution in [0.15, 0.2) is 24.3 Å². The Morgan fingerprint density at radius 3 is 2.93 bits per heavy atom. The predicted molar refractivity (Wildman–Crippen MR) is 65.8 cm³/mol. The summed E-state index contributed by atoms with van der Waals surface area (Å²) >= 11 is 2.23. The predicted octanol–water partition coefficient (Wildman–Crippen LogP) is 1.90. The molecular formula is C11H12INO2. The lowest BCUT2D eigenvalue weighted by Gasteiger charge is -2.12. The summed E-state index contributed by atoms with van der Waals surface area (Å²) in [6.45, 7) is 0.785. The third kappa shape index (κ3) is 2.42. The Balaban J connectivity index is 2.06. The minimum atomic E-state index is -0.298. The molecule has 80 valence electrons. The highest BCUT2D eigenvalue weighted by Crippen LogP contribution is 2.20. The summed E-state index contributed by atoms with van der Waals surface area (Å²) < 4.78 is 6.76. The van der Waals surface area contributed by atoms with Crippen LogP contribution in [0, 0.1) is 3.57 Å². The van der Waals surface area contributed by atoms with Gasteiger partial charge < -0.3 is 9.64 Å². The van der Waals surface area contributed by atoms with Crippen molar-refractivity contribution in [1.82, 2.24) is 4.90 Å². The van der Waals surface area contributed by atoms with E-state index in [1.807, 2.05) is 24.3 Å². The van der Waals surface area contributed by atoms with Crippen molar-refractivity contribution in [2.45, 2.75) is 12.5 Å². The monoisotopic (exact) mass is 317 g/mol. The van der Waals surface area contributed by atoms with Gasteiger partial charge in [-0.3, -0.25) is 4.79 Å². The zero-order valence-corrected chi connectivity index (χ0v) is 10.6. The average molecular weight is 317 g/mol. The molecule has 1 fully saturated rings. The number of benzene rings is 1. The molecule has 1 aliphatic rings. The van der Waals surface area contributed by atoms with Gasteiger partial charge in [-0.25, -0.2) is 0 Å². The van der Waals surface area contributed by atoms with E-state index in [-0.39, 0.29) is 12.0 Å². The molecule has 4 heteroatoms. The standard InChI is InChI=1S/C11H12INO2/c1-13-6-5-10(11(13)14)15-9-4-2-3-8(12)7-9/h2-4,7,10H,5-6H2,1H3. The Morgan fingerprint density at radius 1 is 1.53 bits per heavy atom. The topological polar surface area (TPSA) is 29.5 Å². The van der Waals surface area contributed by atoms with E-state index in [9.17, 15) is 4.79 Å². The fourth-order valence-corrected chi connectivity index (χ4v) is 2.12. The number of carbonyl (C=O) groups is 1. The molecule has 1 heterocycles. The van der Waals surface area contributed by atoms with E-state index >= 15 is 0 Å². The molecule has 1 saturated heterocycles. The number of amides is 1. The second-order valence-electron chi connectivity index (χ2n) is 3.61. The quantitative estimate of drug-likeness (QED) is 0.780. The van der Waals surface area contributed by atoms with Gasteiger partial charge in [0, 0.05) is 23.6 Å².